The molecule has 0 spiro atoms. The van der Waals surface area contributed by atoms with E-state index >= 15 is 0 Å². The first-order valence-electron chi connectivity index (χ1n) is 5.66. The second-order valence-corrected chi connectivity index (χ2v) is 4.56. The summed E-state index contributed by atoms with van der Waals surface area (Å²) in [5.41, 5.74) is 6.99. The Morgan fingerprint density at radius 2 is 2.28 bits per heavy atom. The van der Waals surface area contributed by atoms with Crippen LogP contribution < -0.4 is 22.0 Å². The maximum Gasteiger partial charge on any atom is 0.339 e. The number of rotatable bonds is 2. The summed E-state index contributed by atoms with van der Waals surface area (Å²) < 4.78 is 5.21. The highest BCUT2D eigenvalue weighted by Gasteiger charge is 2.11. The van der Waals surface area contributed by atoms with Crippen molar-refractivity contribution in [3.05, 3.63) is 43.0 Å². The number of aliphatic hydroxyl groups is 1. The van der Waals surface area contributed by atoms with Gasteiger partial charge in [-0.1, -0.05) is 11.6 Å². The lowest BCUT2D eigenvalue weighted by Crippen LogP contribution is -2.35. The van der Waals surface area contributed by atoms with Crippen molar-refractivity contribution >= 4 is 23.8 Å². The largest absolute Gasteiger partial charge is 0.510 e. The number of hydrogen-bond donors (Lipinski definition) is 2. The first kappa shape index (κ1) is 12.9. The molecule has 96 valence electrons. The zero-order valence-electron chi connectivity index (χ0n) is 10.00. The Bertz CT molecular complexity index is 685. The highest BCUT2D eigenvalue weighted by molar-refractivity contribution is 6.34. The Hall–Kier alpha value is -1.52. The Morgan fingerprint density at radius 3 is 2.94 bits per heavy atom. The van der Waals surface area contributed by atoms with E-state index in [9.17, 15) is 9.90 Å². The third-order valence-corrected chi connectivity index (χ3v) is 3.30. The number of nitrogens with two attached hydrogens (primary N) is 1. The van der Waals surface area contributed by atoms with Crippen LogP contribution in [0.15, 0.2) is 20.0 Å². The number of allylic oxidation sites excluding steroid dienone is 2. The fourth-order valence-electron chi connectivity index (χ4n) is 1.98. The van der Waals surface area contributed by atoms with Crippen LogP contribution in [0.5, 0.6) is 0 Å². The summed E-state index contributed by atoms with van der Waals surface area (Å²) in [5, 5.41) is 10.6. The van der Waals surface area contributed by atoms with Crippen molar-refractivity contribution in [1.82, 2.24) is 0 Å². The average molecular weight is 268 g/mol. The van der Waals surface area contributed by atoms with Gasteiger partial charge >= 0.3 is 5.63 Å². The minimum Gasteiger partial charge on any atom is -0.510 e. The van der Waals surface area contributed by atoms with Gasteiger partial charge in [0.05, 0.1) is 5.03 Å². The molecule has 1 aromatic heterocycles. The van der Waals surface area contributed by atoms with Gasteiger partial charge in [-0.25, -0.2) is 4.79 Å². The molecular formula is C13H14ClNO3. The van der Waals surface area contributed by atoms with E-state index in [4.69, 9.17) is 21.8 Å². The van der Waals surface area contributed by atoms with Crippen LogP contribution in [0.25, 0.3) is 12.2 Å². The van der Waals surface area contributed by atoms with Crippen LogP contribution in [0, 0.1) is 6.92 Å². The van der Waals surface area contributed by atoms with Gasteiger partial charge in [0, 0.05) is 17.2 Å². The number of aliphatic hydroxyl groups excluding tert-OH is 1. The Morgan fingerprint density at radius 1 is 1.56 bits per heavy atom. The van der Waals surface area contributed by atoms with Crippen molar-refractivity contribution in [2.24, 2.45) is 5.73 Å². The van der Waals surface area contributed by atoms with E-state index < -0.39 is 0 Å². The summed E-state index contributed by atoms with van der Waals surface area (Å²) in [5.74, 6) is 0.0619. The van der Waals surface area contributed by atoms with Gasteiger partial charge < -0.3 is 15.3 Å². The Kier molecular flexibility index (Phi) is 3.59. The van der Waals surface area contributed by atoms with Gasteiger partial charge in [0.2, 0.25) is 0 Å². The second-order valence-electron chi connectivity index (χ2n) is 4.16. The van der Waals surface area contributed by atoms with E-state index in [1.165, 1.54) is 0 Å². The summed E-state index contributed by atoms with van der Waals surface area (Å²) in [4.78, 5) is 11.7. The average Bonchev–Trinajstić information content (AvgIpc) is 2.47. The predicted octanol–water partition coefficient (Wildman–Crippen LogP) is 0.423. The molecule has 1 aromatic rings. The molecule has 1 heterocycles. The summed E-state index contributed by atoms with van der Waals surface area (Å²) >= 11 is 5.97. The Labute approximate surface area is 109 Å². The molecule has 4 nitrogen and oxygen atoms in total. The second kappa shape index (κ2) is 5.00. The lowest BCUT2D eigenvalue weighted by atomic mass is 10.1. The molecule has 0 bridgehead atoms. The molecular weight excluding hydrogens is 254 g/mol. The molecule has 0 fully saturated rings. The lowest BCUT2D eigenvalue weighted by molar-refractivity contribution is 0.402. The first-order chi connectivity index (χ1) is 8.54. The monoisotopic (exact) mass is 267 g/mol. The van der Waals surface area contributed by atoms with Crippen molar-refractivity contribution in [1.29, 1.82) is 0 Å². The van der Waals surface area contributed by atoms with Gasteiger partial charge in [-0.05, 0) is 37.6 Å². The third-order valence-electron chi connectivity index (χ3n) is 2.97. The normalized spacial score (nSPS) is 14.6. The van der Waals surface area contributed by atoms with E-state index in [2.05, 4.69) is 0 Å². The van der Waals surface area contributed by atoms with Crippen LogP contribution in [0.2, 0.25) is 0 Å². The van der Waals surface area contributed by atoms with Crippen molar-refractivity contribution in [3.63, 3.8) is 0 Å². The van der Waals surface area contributed by atoms with Gasteiger partial charge in [-0.2, -0.15) is 0 Å². The molecule has 1 aliphatic carbocycles. The first-order valence-corrected chi connectivity index (χ1v) is 6.04. The highest BCUT2D eigenvalue weighted by atomic mass is 35.5. The highest BCUT2D eigenvalue weighted by Crippen LogP contribution is 2.14. The van der Waals surface area contributed by atoms with Crippen LogP contribution in [0.1, 0.15) is 17.5 Å². The molecule has 5 heteroatoms. The fraction of sp³-hybridized carbons (Fsp3) is 0.308. The summed E-state index contributed by atoms with van der Waals surface area (Å²) in [6.07, 6.45) is 4.08. The molecule has 3 N–H and O–H groups in total. The third kappa shape index (κ3) is 2.21. The number of halogens is 1. The van der Waals surface area contributed by atoms with Crippen LogP contribution in [-0.4, -0.2) is 11.7 Å². The predicted molar refractivity (Wildman–Crippen MR) is 70.8 cm³/mol. The quantitative estimate of drug-likeness (QED) is 0.814. The maximum atomic E-state index is 11.7. The molecule has 2 rings (SSSR count). The molecule has 0 saturated heterocycles. The molecule has 0 aromatic carbocycles. The van der Waals surface area contributed by atoms with E-state index in [0.29, 0.717) is 23.9 Å². The lowest BCUT2D eigenvalue weighted by Gasteiger charge is -2.04. The topological polar surface area (TPSA) is 76.5 Å². The molecule has 0 aliphatic heterocycles. The smallest absolute Gasteiger partial charge is 0.339 e. The number of fused-ring (bicyclic) bond motifs is 1. The zero-order chi connectivity index (χ0) is 13.3. The van der Waals surface area contributed by atoms with Gasteiger partial charge in [-0.3, -0.25) is 0 Å². The van der Waals surface area contributed by atoms with Gasteiger partial charge in [0.1, 0.15) is 11.2 Å². The van der Waals surface area contributed by atoms with Crippen molar-refractivity contribution in [2.45, 2.75) is 19.8 Å². The maximum absolute atomic E-state index is 11.7. The minimum atomic E-state index is -0.376. The van der Waals surface area contributed by atoms with Crippen LogP contribution in [0.4, 0.5) is 0 Å². The van der Waals surface area contributed by atoms with Crippen molar-refractivity contribution < 1.29 is 9.52 Å². The number of hydrogen-bond acceptors (Lipinski definition) is 4. The van der Waals surface area contributed by atoms with E-state index in [0.717, 1.165) is 10.8 Å². The van der Waals surface area contributed by atoms with E-state index in [1.54, 1.807) is 19.1 Å². The zero-order valence-corrected chi connectivity index (χ0v) is 10.8. The van der Waals surface area contributed by atoms with Crippen LogP contribution in [-0.2, 0) is 6.42 Å². The van der Waals surface area contributed by atoms with Crippen LogP contribution in [0.3, 0.4) is 0 Å². The summed E-state index contributed by atoms with van der Waals surface area (Å²) in [6.45, 7) is 2.13. The molecule has 18 heavy (non-hydrogen) atoms. The molecule has 0 atom stereocenters. The van der Waals surface area contributed by atoms with Gasteiger partial charge in [0.15, 0.2) is 0 Å². The summed E-state index contributed by atoms with van der Waals surface area (Å²) in [7, 11) is 0. The van der Waals surface area contributed by atoms with E-state index in [-0.39, 0.29) is 22.8 Å². The molecule has 0 unspecified atom stereocenters. The molecule has 0 saturated carbocycles. The Balaban J connectivity index is 2.88. The molecule has 1 aliphatic rings. The van der Waals surface area contributed by atoms with Crippen molar-refractivity contribution in [2.75, 3.05) is 6.54 Å². The molecule has 0 radical (unpaired) electrons. The van der Waals surface area contributed by atoms with Crippen LogP contribution >= 0.6 is 11.6 Å². The SMILES string of the molecule is Cc1c(CCN)c2c(oc1=O)=CCC(O)=C(Cl)C=2. The standard InChI is InChI=1S/C13H14ClNO3/c1-7-8(4-5-15)9-6-10(14)11(16)2-3-12(9)18-13(7)17/h3,6,16H,2,4-5,15H2,1H3. The van der Waals surface area contributed by atoms with Gasteiger partial charge in [0.25, 0.3) is 0 Å². The fourth-order valence-corrected chi connectivity index (χ4v) is 2.16. The minimum absolute atomic E-state index is 0.0619. The van der Waals surface area contributed by atoms with Crippen molar-refractivity contribution in [3.8, 4) is 0 Å². The summed E-state index contributed by atoms with van der Waals surface area (Å²) in [6, 6.07) is 0. The van der Waals surface area contributed by atoms with E-state index in [1.807, 2.05) is 0 Å². The van der Waals surface area contributed by atoms with Gasteiger partial charge in [-0.15, -0.1) is 0 Å². The molecule has 0 amide bonds.